The molecule has 0 spiro atoms. The largest absolute Gasteiger partial charge is 0.573 e. The maximum atomic E-state index is 12.3. The van der Waals surface area contributed by atoms with Crippen LogP contribution in [0.5, 0.6) is 5.75 Å². The lowest BCUT2D eigenvalue weighted by Gasteiger charge is -2.14. The highest BCUT2D eigenvalue weighted by atomic mass is 79.9. The summed E-state index contributed by atoms with van der Waals surface area (Å²) in [4.78, 5) is 4.81. The van der Waals surface area contributed by atoms with Gasteiger partial charge in [0.15, 0.2) is 5.75 Å². The van der Waals surface area contributed by atoms with Gasteiger partial charge in [-0.15, -0.1) is 24.5 Å². The first-order valence-electron chi connectivity index (χ1n) is 5.10. The Bertz CT molecular complexity index is 545. The summed E-state index contributed by atoms with van der Waals surface area (Å²) in [6, 6.07) is 4.42. The van der Waals surface area contributed by atoms with Crippen molar-refractivity contribution in [2.75, 3.05) is 5.32 Å². The SMILES string of the molecule is FC(F)(F)Oc1cc(Br)ccc1NCc1cncs1. The van der Waals surface area contributed by atoms with E-state index in [9.17, 15) is 13.2 Å². The lowest BCUT2D eigenvalue weighted by Crippen LogP contribution is -2.18. The summed E-state index contributed by atoms with van der Waals surface area (Å²) in [7, 11) is 0. The van der Waals surface area contributed by atoms with Crippen molar-refractivity contribution in [3.8, 4) is 5.75 Å². The molecule has 0 saturated carbocycles. The maximum Gasteiger partial charge on any atom is 0.573 e. The summed E-state index contributed by atoms with van der Waals surface area (Å²) >= 11 is 4.53. The van der Waals surface area contributed by atoms with Crippen LogP contribution in [0.2, 0.25) is 0 Å². The van der Waals surface area contributed by atoms with Crippen molar-refractivity contribution in [3.63, 3.8) is 0 Å². The number of anilines is 1. The number of alkyl halides is 3. The van der Waals surface area contributed by atoms with Gasteiger partial charge in [0.2, 0.25) is 0 Å². The summed E-state index contributed by atoms with van der Waals surface area (Å²) in [5, 5.41) is 2.89. The van der Waals surface area contributed by atoms with E-state index in [0.717, 1.165) is 4.88 Å². The molecule has 1 aromatic heterocycles. The van der Waals surface area contributed by atoms with Crippen molar-refractivity contribution >= 4 is 33.0 Å². The molecule has 3 nitrogen and oxygen atoms in total. The Morgan fingerprint density at radius 2 is 2.16 bits per heavy atom. The van der Waals surface area contributed by atoms with Crippen LogP contribution in [0.3, 0.4) is 0 Å². The molecule has 0 radical (unpaired) electrons. The number of rotatable bonds is 4. The number of ether oxygens (including phenoxy) is 1. The highest BCUT2D eigenvalue weighted by Gasteiger charge is 2.32. The summed E-state index contributed by atoms with van der Waals surface area (Å²) in [6.45, 7) is 0.389. The molecule has 102 valence electrons. The van der Waals surface area contributed by atoms with E-state index in [1.165, 1.54) is 23.5 Å². The number of nitrogens with one attached hydrogen (secondary N) is 1. The Morgan fingerprint density at radius 3 is 2.79 bits per heavy atom. The predicted molar refractivity (Wildman–Crippen MR) is 70.3 cm³/mol. The third kappa shape index (κ3) is 4.39. The number of hydrogen-bond acceptors (Lipinski definition) is 4. The molecule has 1 aromatic carbocycles. The summed E-state index contributed by atoms with van der Waals surface area (Å²) in [5.41, 5.74) is 1.93. The van der Waals surface area contributed by atoms with Crippen LogP contribution in [-0.4, -0.2) is 11.3 Å². The lowest BCUT2D eigenvalue weighted by molar-refractivity contribution is -0.274. The smallest absolute Gasteiger partial charge is 0.404 e. The average molecular weight is 353 g/mol. The van der Waals surface area contributed by atoms with Crippen molar-refractivity contribution in [2.24, 2.45) is 0 Å². The molecule has 1 N–H and O–H groups in total. The zero-order valence-corrected chi connectivity index (χ0v) is 11.8. The second-order valence-electron chi connectivity index (χ2n) is 3.51. The molecular formula is C11H8BrF3N2OS. The van der Waals surface area contributed by atoms with E-state index < -0.39 is 6.36 Å². The Hall–Kier alpha value is -1.28. The molecule has 8 heteroatoms. The molecule has 1 heterocycles. The van der Waals surface area contributed by atoms with Crippen molar-refractivity contribution in [1.29, 1.82) is 0 Å². The maximum absolute atomic E-state index is 12.3. The molecule has 19 heavy (non-hydrogen) atoms. The quantitative estimate of drug-likeness (QED) is 0.884. The molecule has 2 rings (SSSR count). The van der Waals surface area contributed by atoms with Crippen molar-refractivity contribution in [1.82, 2.24) is 4.98 Å². The van der Waals surface area contributed by atoms with E-state index in [2.05, 4.69) is 31.0 Å². The molecule has 0 atom stereocenters. The van der Waals surface area contributed by atoms with E-state index >= 15 is 0 Å². The zero-order valence-electron chi connectivity index (χ0n) is 9.37. The molecular weight excluding hydrogens is 345 g/mol. The van der Waals surface area contributed by atoms with Gasteiger partial charge >= 0.3 is 6.36 Å². The number of benzene rings is 1. The Kier molecular flexibility index (Phi) is 4.31. The van der Waals surface area contributed by atoms with Crippen molar-refractivity contribution in [3.05, 3.63) is 39.3 Å². The monoisotopic (exact) mass is 352 g/mol. The highest BCUT2D eigenvalue weighted by Crippen LogP contribution is 2.33. The van der Waals surface area contributed by atoms with E-state index in [0.29, 0.717) is 11.0 Å². The Morgan fingerprint density at radius 1 is 1.37 bits per heavy atom. The number of halogens is 4. The highest BCUT2D eigenvalue weighted by molar-refractivity contribution is 9.10. The van der Waals surface area contributed by atoms with Gasteiger partial charge in [-0.05, 0) is 18.2 Å². The van der Waals surface area contributed by atoms with Crippen molar-refractivity contribution < 1.29 is 17.9 Å². The molecule has 0 bridgehead atoms. The minimum absolute atomic E-state index is 0.272. The van der Waals surface area contributed by atoms with Gasteiger partial charge in [0, 0.05) is 15.5 Å². The summed E-state index contributed by atoms with van der Waals surface area (Å²) < 4.78 is 41.4. The average Bonchev–Trinajstić information content (AvgIpc) is 2.78. The summed E-state index contributed by atoms with van der Waals surface area (Å²) in [6.07, 6.45) is -3.07. The van der Waals surface area contributed by atoms with Gasteiger partial charge in [-0.3, -0.25) is 4.98 Å². The van der Waals surface area contributed by atoms with E-state index in [-0.39, 0.29) is 11.4 Å². The zero-order chi connectivity index (χ0) is 13.9. The van der Waals surface area contributed by atoms with Gasteiger partial charge < -0.3 is 10.1 Å². The second kappa shape index (κ2) is 5.79. The molecule has 0 amide bonds. The van der Waals surface area contributed by atoms with Crippen molar-refractivity contribution in [2.45, 2.75) is 12.9 Å². The number of nitrogens with zero attached hydrogens (tertiary/aromatic N) is 1. The van der Waals surface area contributed by atoms with E-state index in [4.69, 9.17) is 0 Å². The van der Waals surface area contributed by atoms with Gasteiger partial charge in [-0.25, -0.2) is 0 Å². The Labute approximate surface area is 119 Å². The van der Waals surface area contributed by atoms with Crippen LogP contribution in [0.15, 0.2) is 34.4 Å². The first kappa shape index (κ1) is 14.1. The third-order valence-electron chi connectivity index (χ3n) is 2.11. The van der Waals surface area contributed by atoms with Crippen LogP contribution >= 0.6 is 27.3 Å². The van der Waals surface area contributed by atoms with Crippen LogP contribution in [0, 0.1) is 0 Å². The fraction of sp³-hybridized carbons (Fsp3) is 0.182. The molecule has 0 unspecified atom stereocenters. The minimum Gasteiger partial charge on any atom is -0.404 e. The van der Waals surface area contributed by atoms with Gasteiger partial charge in [-0.1, -0.05) is 15.9 Å². The fourth-order valence-corrected chi connectivity index (χ4v) is 2.24. The van der Waals surface area contributed by atoms with Crippen LogP contribution in [-0.2, 0) is 6.54 Å². The number of hydrogen-bond donors (Lipinski definition) is 1. The second-order valence-corrected chi connectivity index (χ2v) is 5.40. The normalized spacial score (nSPS) is 11.4. The number of thiazole rings is 1. The number of aromatic nitrogens is 1. The molecule has 2 aromatic rings. The third-order valence-corrected chi connectivity index (χ3v) is 3.38. The topological polar surface area (TPSA) is 34.1 Å². The first-order valence-corrected chi connectivity index (χ1v) is 6.78. The van der Waals surface area contributed by atoms with Gasteiger partial charge in [0.1, 0.15) is 0 Å². The molecule has 0 fully saturated rings. The minimum atomic E-state index is -4.72. The van der Waals surface area contributed by atoms with Crippen LogP contribution < -0.4 is 10.1 Å². The summed E-state index contributed by atoms with van der Waals surface area (Å²) in [5.74, 6) is -0.272. The van der Waals surface area contributed by atoms with Gasteiger partial charge in [0.25, 0.3) is 0 Å². The lowest BCUT2D eigenvalue weighted by atomic mass is 10.3. The van der Waals surface area contributed by atoms with E-state index in [1.807, 2.05) is 0 Å². The van der Waals surface area contributed by atoms with Gasteiger partial charge in [-0.2, -0.15) is 0 Å². The predicted octanol–water partition coefficient (Wildman–Crippen LogP) is 4.42. The van der Waals surface area contributed by atoms with E-state index in [1.54, 1.807) is 17.8 Å². The molecule has 0 aliphatic carbocycles. The first-order chi connectivity index (χ1) is 8.94. The molecule has 0 aliphatic heterocycles. The molecule has 0 aliphatic rings. The van der Waals surface area contributed by atoms with Crippen LogP contribution in [0.1, 0.15) is 4.88 Å². The van der Waals surface area contributed by atoms with Crippen LogP contribution in [0.4, 0.5) is 18.9 Å². The van der Waals surface area contributed by atoms with Crippen LogP contribution in [0.25, 0.3) is 0 Å². The van der Waals surface area contributed by atoms with Gasteiger partial charge in [0.05, 0.1) is 17.7 Å². The molecule has 0 saturated heterocycles. The Balaban J connectivity index is 2.14. The standard InChI is InChI=1S/C11H8BrF3N2OS/c12-7-1-2-9(10(3-7)18-11(13,14)15)17-5-8-4-16-6-19-8/h1-4,6,17H,5H2. The fourth-order valence-electron chi connectivity index (χ4n) is 1.36.